The Labute approximate surface area is 80.3 Å². The largest absolute Gasteiger partial charge is 0.485 e. The van der Waals surface area contributed by atoms with E-state index in [9.17, 15) is 4.39 Å². The molecule has 0 N–H and O–H groups in total. The van der Waals surface area contributed by atoms with Gasteiger partial charge in [-0.15, -0.1) is 0 Å². The summed E-state index contributed by atoms with van der Waals surface area (Å²) in [5, 5.41) is 0. The molecule has 0 aromatic carbocycles. The number of rotatable bonds is 3. The van der Waals surface area contributed by atoms with E-state index in [-0.39, 0.29) is 11.4 Å². The molecule has 0 aromatic rings. The Morgan fingerprint density at radius 3 is 2.15 bits per heavy atom. The van der Waals surface area contributed by atoms with Gasteiger partial charge in [0, 0.05) is 0 Å². The molecule has 1 aliphatic carbocycles. The molecule has 1 fully saturated rings. The van der Waals surface area contributed by atoms with Crippen molar-refractivity contribution in [1.82, 2.24) is 0 Å². The van der Waals surface area contributed by atoms with Crippen LogP contribution in [0.15, 0.2) is 24.2 Å². The predicted molar refractivity (Wildman–Crippen MR) is 54.1 cm³/mol. The Morgan fingerprint density at radius 1 is 1.46 bits per heavy atom. The number of halogens is 1. The van der Waals surface area contributed by atoms with Crippen molar-refractivity contribution in [3.05, 3.63) is 24.2 Å². The molecule has 13 heavy (non-hydrogen) atoms. The highest BCUT2D eigenvalue weighted by Crippen LogP contribution is 2.41. The minimum Gasteiger partial charge on any atom is -0.485 e. The molecule has 0 spiro atoms. The Morgan fingerprint density at radius 2 is 1.92 bits per heavy atom. The molecular weight excluding hydrogens is 167 g/mol. The summed E-state index contributed by atoms with van der Waals surface area (Å²) < 4.78 is 17.9. The molecule has 1 aliphatic rings. The molecule has 0 radical (unpaired) electrons. The summed E-state index contributed by atoms with van der Waals surface area (Å²) in [6, 6.07) is 0. The van der Waals surface area contributed by atoms with Gasteiger partial charge in [-0.1, -0.05) is 20.4 Å². The van der Waals surface area contributed by atoms with Crippen LogP contribution in [-0.2, 0) is 4.74 Å². The molecular formula is C11H19FO. The van der Waals surface area contributed by atoms with Crippen LogP contribution in [0, 0.1) is 0 Å². The van der Waals surface area contributed by atoms with Crippen LogP contribution in [0.3, 0.4) is 0 Å². The van der Waals surface area contributed by atoms with E-state index in [1.165, 1.54) is 0 Å². The van der Waals surface area contributed by atoms with Crippen molar-refractivity contribution in [2.75, 3.05) is 0 Å². The molecule has 1 nitrogen and oxygen atoms in total. The third-order valence-corrected chi connectivity index (χ3v) is 1.84. The van der Waals surface area contributed by atoms with Gasteiger partial charge in [-0.05, 0) is 32.8 Å². The van der Waals surface area contributed by atoms with Crippen LogP contribution in [0.5, 0.6) is 0 Å². The van der Waals surface area contributed by atoms with Gasteiger partial charge in [-0.25, -0.2) is 4.39 Å². The standard InChI is InChI=1S/C9H13FO.C2H6/c1-4-8(7(2)10)11-9(3)5-6-9;1-2/h4H,2,5-6H2,1,3H3;1-2H3/b8-4+;. The van der Waals surface area contributed by atoms with Crippen molar-refractivity contribution in [3.63, 3.8) is 0 Å². The molecule has 0 aromatic heterocycles. The van der Waals surface area contributed by atoms with Crippen molar-refractivity contribution in [2.24, 2.45) is 0 Å². The first-order valence-electron chi connectivity index (χ1n) is 4.77. The van der Waals surface area contributed by atoms with E-state index in [0.717, 1.165) is 12.8 Å². The highest BCUT2D eigenvalue weighted by atomic mass is 19.1. The van der Waals surface area contributed by atoms with Gasteiger partial charge in [-0.3, -0.25) is 0 Å². The fourth-order valence-corrected chi connectivity index (χ4v) is 0.814. The zero-order valence-corrected chi connectivity index (χ0v) is 8.98. The molecule has 0 aliphatic heterocycles. The fourth-order valence-electron chi connectivity index (χ4n) is 0.814. The van der Waals surface area contributed by atoms with Gasteiger partial charge < -0.3 is 4.74 Å². The first-order chi connectivity index (χ1) is 6.07. The molecule has 0 heterocycles. The second kappa shape index (κ2) is 5.05. The third-order valence-electron chi connectivity index (χ3n) is 1.84. The summed E-state index contributed by atoms with van der Waals surface area (Å²) in [6.07, 6.45) is 3.63. The number of hydrogen-bond acceptors (Lipinski definition) is 1. The number of allylic oxidation sites excluding steroid dienone is 2. The lowest BCUT2D eigenvalue weighted by Crippen LogP contribution is -2.07. The normalized spacial score (nSPS) is 18.4. The van der Waals surface area contributed by atoms with E-state index in [1.54, 1.807) is 13.0 Å². The zero-order chi connectivity index (χ0) is 10.5. The smallest absolute Gasteiger partial charge is 0.157 e. The third kappa shape index (κ3) is 4.11. The van der Waals surface area contributed by atoms with Gasteiger partial charge in [-0.2, -0.15) is 0 Å². The van der Waals surface area contributed by atoms with Crippen LogP contribution in [0.25, 0.3) is 0 Å². The van der Waals surface area contributed by atoms with Gasteiger partial charge >= 0.3 is 0 Å². The lowest BCUT2D eigenvalue weighted by Gasteiger charge is -2.13. The van der Waals surface area contributed by atoms with Crippen molar-refractivity contribution in [2.45, 2.75) is 46.1 Å². The summed E-state index contributed by atoms with van der Waals surface area (Å²) >= 11 is 0. The van der Waals surface area contributed by atoms with Gasteiger partial charge in [0.2, 0.25) is 0 Å². The summed E-state index contributed by atoms with van der Waals surface area (Å²) in [5.41, 5.74) is -0.114. The number of hydrogen-bond donors (Lipinski definition) is 0. The maximum absolute atomic E-state index is 12.5. The van der Waals surface area contributed by atoms with Gasteiger partial charge in [0.15, 0.2) is 11.6 Å². The topological polar surface area (TPSA) is 9.23 Å². The minimum atomic E-state index is -0.486. The molecule has 0 saturated heterocycles. The molecule has 0 atom stereocenters. The lowest BCUT2D eigenvalue weighted by molar-refractivity contribution is 0.109. The van der Waals surface area contributed by atoms with Crippen LogP contribution in [0.4, 0.5) is 4.39 Å². The summed E-state index contributed by atoms with van der Waals surface area (Å²) in [7, 11) is 0. The minimum absolute atomic E-state index is 0.114. The fraction of sp³-hybridized carbons (Fsp3) is 0.636. The van der Waals surface area contributed by atoms with Crippen LogP contribution >= 0.6 is 0 Å². The van der Waals surface area contributed by atoms with E-state index in [0.29, 0.717) is 0 Å². The van der Waals surface area contributed by atoms with E-state index in [1.807, 2.05) is 20.8 Å². The maximum atomic E-state index is 12.5. The quantitative estimate of drug-likeness (QED) is 0.478. The second-order valence-corrected chi connectivity index (χ2v) is 3.11. The van der Waals surface area contributed by atoms with Crippen LogP contribution in [0.2, 0.25) is 0 Å². The molecule has 2 heteroatoms. The van der Waals surface area contributed by atoms with Gasteiger partial charge in [0.25, 0.3) is 0 Å². The highest BCUT2D eigenvalue weighted by molar-refractivity contribution is 5.17. The average Bonchev–Trinajstić information content (AvgIpc) is 2.83. The second-order valence-electron chi connectivity index (χ2n) is 3.11. The average molecular weight is 186 g/mol. The van der Waals surface area contributed by atoms with Gasteiger partial charge in [0.1, 0.15) is 5.60 Å². The van der Waals surface area contributed by atoms with Crippen LogP contribution in [0.1, 0.15) is 40.5 Å². The molecule has 0 unspecified atom stereocenters. The van der Waals surface area contributed by atoms with Crippen molar-refractivity contribution >= 4 is 0 Å². The van der Waals surface area contributed by atoms with Crippen LogP contribution < -0.4 is 0 Å². The number of ether oxygens (including phenoxy) is 1. The summed E-state index contributed by atoms with van der Waals surface area (Å²) in [6.45, 7) is 10.9. The van der Waals surface area contributed by atoms with Crippen molar-refractivity contribution in [1.29, 1.82) is 0 Å². The molecule has 76 valence electrons. The Hall–Kier alpha value is -0.790. The Kier molecular flexibility index (Phi) is 4.74. The zero-order valence-electron chi connectivity index (χ0n) is 8.98. The van der Waals surface area contributed by atoms with E-state index < -0.39 is 5.83 Å². The molecule has 1 saturated carbocycles. The van der Waals surface area contributed by atoms with E-state index in [2.05, 4.69) is 6.58 Å². The highest BCUT2D eigenvalue weighted by Gasteiger charge is 2.40. The van der Waals surface area contributed by atoms with Crippen molar-refractivity contribution in [3.8, 4) is 0 Å². The van der Waals surface area contributed by atoms with E-state index in [4.69, 9.17) is 4.74 Å². The lowest BCUT2D eigenvalue weighted by atomic mass is 10.3. The Bertz CT molecular complexity index is 202. The van der Waals surface area contributed by atoms with Crippen molar-refractivity contribution < 1.29 is 9.13 Å². The Balaban J connectivity index is 0.000000671. The van der Waals surface area contributed by atoms with E-state index >= 15 is 0 Å². The summed E-state index contributed by atoms with van der Waals surface area (Å²) in [4.78, 5) is 0. The molecule has 0 bridgehead atoms. The SMILES string of the molecule is C=C(F)/C(=C\C)OC1(C)CC1.CC. The summed E-state index contributed by atoms with van der Waals surface area (Å²) in [5.74, 6) is -0.203. The molecule has 1 rings (SSSR count). The predicted octanol–water partition coefficient (Wildman–Crippen LogP) is 3.97. The first kappa shape index (κ1) is 12.2. The van der Waals surface area contributed by atoms with Gasteiger partial charge in [0.05, 0.1) is 0 Å². The molecule has 0 amide bonds. The van der Waals surface area contributed by atoms with Crippen LogP contribution in [-0.4, -0.2) is 5.60 Å². The maximum Gasteiger partial charge on any atom is 0.157 e. The first-order valence-corrected chi connectivity index (χ1v) is 4.77. The monoisotopic (exact) mass is 186 g/mol.